The largest absolute Gasteiger partial charge is 0.493 e. The number of hydrogen-bond acceptors (Lipinski definition) is 3. The number of benzene rings is 2. The quantitative estimate of drug-likeness (QED) is 0.585. The van der Waals surface area contributed by atoms with Gasteiger partial charge in [-0.2, -0.15) is 0 Å². The van der Waals surface area contributed by atoms with Crippen LogP contribution in [0.1, 0.15) is 11.1 Å². The second-order valence-electron chi connectivity index (χ2n) is 5.10. The van der Waals surface area contributed by atoms with Gasteiger partial charge in [-0.3, -0.25) is 4.99 Å². The molecule has 0 heterocycles. The highest BCUT2D eigenvalue weighted by Gasteiger charge is 2.05. The van der Waals surface area contributed by atoms with Gasteiger partial charge in [0.15, 0.2) is 17.5 Å². The third-order valence-electron chi connectivity index (χ3n) is 3.50. The first-order valence-electron chi connectivity index (χ1n) is 7.56. The fraction of sp³-hybridized carbons (Fsp3) is 0.278. The average molecular weight is 392 g/mol. The molecule has 2 N–H and O–H groups in total. The molecule has 5 nitrogen and oxygen atoms in total. The van der Waals surface area contributed by atoms with Gasteiger partial charge >= 0.3 is 0 Å². The molecule has 0 saturated heterocycles. The number of halogens is 1. The number of ether oxygens (including phenoxy) is 2. The van der Waals surface area contributed by atoms with E-state index in [1.807, 2.05) is 30.3 Å². The smallest absolute Gasteiger partial charge is 0.191 e. The molecule has 0 bridgehead atoms. The summed E-state index contributed by atoms with van der Waals surface area (Å²) in [5.74, 6) is 2.18. The van der Waals surface area contributed by atoms with Crippen LogP contribution < -0.4 is 20.1 Å². The van der Waals surface area contributed by atoms with Crippen molar-refractivity contribution < 1.29 is 9.47 Å². The van der Waals surface area contributed by atoms with Gasteiger partial charge in [-0.1, -0.05) is 34.1 Å². The van der Waals surface area contributed by atoms with E-state index in [2.05, 4.69) is 43.7 Å². The minimum absolute atomic E-state index is 0.639. The van der Waals surface area contributed by atoms with Crippen LogP contribution in [-0.2, 0) is 13.1 Å². The zero-order valence-corrected chi connectivity index (χ0v) is 15.7. The number of rotatable bonds is 6. The Morgan fingerprint density at radius 2 is 1.50 bits per heavy atom. The van der Waals surface area contributed by atoms with E-state index in [1.54, 1.807) is 21.3 Å². The van der Waals surface area contributed by atoms with Crippen molar-refractivity contribution in [3.8, 4) is 11.5 Å². The molecule has 0 amide bonds. The van der Waals surface area contributed by atoms with Crippen LogP contribution in [0.5, 0.6) is 11.5 Å². The van der Waals surface area contributed by atoms with Crippen molar-refractivity contribution >= 4 is 21.9 Å². The summed E-state index contributed by atoms with van der Waals surface area (Å²) in [6.07, 6.45) is 0. The Morgan fingerprint density at radius 1 is 0.917 bits per heavy atom. The SMILES string of the molecule is CN=C(NCc1ccc(Br)cc1)NCc1ccc(OC)c(OC)c1. The van der Waals surface area contributed by atoms with Gasteiger partial charge in [0.25, 0.3) is 0 Å². The molecule has 0 aromatic heterocycles. The van der Waals surface area contributed by atoms with Crippen LogP contribution in [0.3, 0.4) is 0 Å². The second-order valence-corrected chi connectivity index (χ2v) is 6.01. The molecule has 0 aliphatic rings. The summed E-state index contributed by atoms with van der Waals surface area (Å²) >= 11 is 3.44. The molecule has 2 aromatic rings. The molecular formula is C18H22BrN3O2. The summed E-state index contributed by atoms with van der Waals surface area (Å²) in [7, 11) is 5.02. The number of methoxy groups -OCH3 is 2. The Bertz CT molecular complexity index is 687. The van der Waals surface area contributed by atoms with Crippen LogP contribution in [0.4, 0.5) is 0 Å². The third kappa shape index (κ3) is 5.16. The first-order chi connectivity index (χ1) is 11.7. The van der Waals surface area contributed by atoms with Crippen LogP contribution in [0, 0.1) is 0 Å². The fourth-order valence-corrected chi connectivity index (χ4v) is 2.45. The molecule has 0 aliphatic carbocycles. The van der Waals surface area contributed by atoms with Gasteiger partial charge in [0, 0.05) is 24.6 Å². The molecule has 24 heavy (non-hydrogen) atoms. The van der Waals surface area contributed by atoms with Crippen molar-refractivity contribution in [3.05, 3.63) is 58.1 Å². The van der Waals surface area contributed by atoms with Crippen LogP contribution in [-0.4, -0.2) is 27.2 Å². The van der Waals surface area contributed by atoms with E-state index in [1.165, 1.54) is 5.56 Å². The van der Waals surface area contributed by atoms with E-state index in [0.29, 0.717) is 13.1 Å². The Hall–Kier alpha value is -2.21. The Balaban J connectivity index is 1.90. The van der Waals surface area contributed by atoms with E-state index < -0.39 is 0 Å². The molecule has 6 heteroatoms. The monoisotopic (exact) mass is 391 g/mol. The molecule has 0 radical (unpaired) electrons. The number of nitrogens with zero attached hydrogens (tertiary/aromatic N) is 1. The van der Waals surface area contributed by atoms with Crippen LogP contribution in [0.15, 0.2) is 51.9 Å². The molecule has 0 unspecified atom stereocenters. The fourth-order valence-electron chi connectivity index (χ4n) is 2.19. The topological polar surface area (TPSA) is 54.9 Å². The predicted molar refractivity (Wildman–Crippen MR) is 101 cm³/mol. The number of guanidine groups is 1. The predicted octanol–water partition coefficient (Wildman–Crippen LogP) is 3.33. The molecule has 0 fully saturated rings. The zero-order chi connectivity index (χ0) is 17.4. The summed E-state index contributed by atoms with van der Waals surface area (Å²) in [4.78, 5) is 4.24. The van der Waals surface area contributed by atoms with Gasteiger partial charge in [0.2, 0.25) is 0 Å². The Kier molecular flexibility index (Phi) is 6.93. The molecule has 0 saturated carbocycles. The third-order valence-corrected chi connectivity index (χ3v) is 4.03. The van der Waals surface area contributed by atoms with E-state index in [9.17, 15) is 0 Å². The average Bonchev–Trinajstić information content (AvgIpc) is 2.63. The van der Waals surface area contributed by atoms with E-state index in [4.69, 9.17) is 9.47 Å². The van der Waals surface area contributed by atoms with Crippen molar-refractivity contribution in [1.29, 1.82) is 0 Å². The van der Waals surface area contributed by atoms with E-state index in [-0.39, 0.29) is 0 Å². The standard InChI is InChI=1S/C18H22BrN3O2/c1-20-18(21-11-13-4-7-15(19)8-5-13)22-12-14-6-9-16(23-2)17(10-14)24-3/h4-10H,11-12H2,1-3H3,(H2,20,21,22). The highest BCUT2D eigenvalue weighted by molar-refractivity contribution is 9.10. The highest BCUT2D eigenvalue weighted by Crippen LogP contribution is 2.27. The lowest BCUT2D eigenvalue weighted by atomic mass is 10.2. The lowest BCUT2D eigenvalue weighted by molar-refractivity contribution is 0.354. The number of hydrogen-bond donors (Lipinski definition) is 2. The normalized spacial score (nSPS) is 11.1. The summed E-state index contributed by atoms with van der Waals surface area (Å²) in [6.45, 7) is 1.35. The minimum atomic E-state index is 0.639. The lowest BCUT2D eigenvalue weighted by Crippen LogP contribution is -2.36. The molecule has 0 atom stereocenters. The maximum Gasteiger partial charge on any atom is 0.191 e. The second kappa shape index (κ2) is 9.17. The molecule has 128 valence electrons. The summed E-state index contributed by atoms with van der Waals surface area (Å²) in [5, 5.41) is 6.58. The van der Waals surface area contributed by atoms with Crippen LogP contribution in [0.25, 0.3) is 0 Å². The van der Waals surface area contributed by atoms with Gasteiger partial charge in [0.05, 0.1) is 14.2 Å². The Morgan fingerprint density at radius 3 is 2.08 bits per heavy atom. The summed E-state index contributed by atoms with van der Waals surface area (Å²) < 4.78 is 11.6. The van der Waals surface area contributed by atoms with E-state index >= 15 is 0 Å². The molecule has 2 rings (SSSR count). The van der Waals surface area contributed by atoms with Gasteiger partial charge in [-0.15, -0.1) is 0 Å². The maximum atomic E-state index is 5.32. The van der Waals surface area contributed by atoms with E-state index in [0.717, 1.165) is 27.5 Å². The highest BCUT2D eigenvalue weighted by atomic mass is 79.9. The molecule has 0 aliphatic heterocycles. The number of nitrogens with one attached hydrogen (secondary N) is 2. The van der Waals surface area contributed by atoms with Crippen molar-refractivity contribution in [2.24, 2.45) is 4.99 Å². The first kappa shape index (κ1) is 18.1. The van der Waals surface area contributed by atoms with Crippen LogP contribution >= 0.6 is 15.9 Å². The lowest BCUT2D eigenvalue weighted by Gasteiger charge is -2.13. The van der Waals surface area contributed by atoms with Crippen molar-refractivity contribution in [2.75, 3.05) is 21.3 Å². The minimum Gasteiger partial charge on any atom is -0.493 e. The van der Waals surface area contributed by atoms with Crippen molar-refractivity contribution in [3.63, 3.8) is 0 Å². The molecule has 0 spiro atoms. The summed E-state index contributed by atoms with van der Waals surface area (Å²) in [5.41, 5.74) is 2.27. The first-order valence-corrected chi connectivity index (χ1v) is 8.35. The maximum absolute atomic E-state index is 5.32. The number of aliphatic imine (C=N–C) groups is 1. The van der Waals surface area contributed by atoms with Gasteiger partial charge in [-0.05, 0) is 35.4 Å². The van der Waals surface area contributed by atoms with Crippen molar-refractivity contribution in [2.45, 2.75) is 13.1 Å². The summed E-state index contributed by atoms with van der Waals surface area (Å²) in [6, 6.07) is 14.0. The van der Waals surface area contributed by atoms with Crippen molar-refractivity contribution in [1.82, 2.24) is 10.6 Å². The van der Waals surface area contributed by atoms with Gasteiger partial charge in [-0.25, -0.2) is 0 Å². The van der Waals surface area contributed by atoms with Gasteiger partial charge in [0.1, 0.15) is 0 Å². The Labute approximate surface area is 151 Å². The molecule has 2 aromatic carbocycles. The van der Waals surface area contributed by atoms with Gasteiger partial charge < -0.3 is 20.1 Å². The van der Waals surface area contributed by atoms with Crippen LogP contribution in [0.2, 0.25) is 0 Å². The molecular weight excluding hydrogens is 370 g/mol. The zero-order valence-electron chi connectivity index (χ0n) is 14.1.